The number of rotatable bonds is 10. The Morgan fingerprint density at radius 3 is 2.28 bits per heavy atom. The highest BCUT2D eigenvalue weighted by molar-refractivity contribution is 5.92. The fourth-order valence-electron chi connectivity index (χ4n) is 4.51. The second-order valence-corrected chi connectivity index (χ2v) is 10.9. The molecule has 0 aromatic heterocycles. The molecular weight excluding hydrogens is 454 g/mol. The molecule has 0 bridgehead atoms. The maximum absolute atomic E-state index is 14.0. The minimum absolute atomic E-state index is 0.102. The van der Waals surface area contributed by atoms with E-state index in [2.05, 4.69) is 17.2 Å². The largest absolute Gasteiger partial charge is 0.444 e. The molecule has 3 atom stereocenters. The first-order valence-electron chi connectivity index (χ1n) is 13.2. The number of hydrogen-bond acceptors (Lipinski definition) is 4. The van der Waals surface area contributed by atoms with Crippen LogP contribution >= 0.6 is 0 Å². The predicted octanol–water partition coefficient (Wildman–Crippen LogP) is 5.44. The quantitative estimate of drug-likeness (QED) is 0.420. The van der Waals surface area contributed by atoms with Crippen molar-refractivity contribution in [3.05, 3.63) is 48.0 Å². The molecule has 200 valence electrons. The number of nitrogens with one attached hydrogen (secondary N) is 2. The zero-order chi connectivity index (χ0) is 26.9. The molecule has 0 saturated heterocycles. The lowest BCUT2D eigenvalue weighted by Gasteiger charge is -2.36. The summed E-state index contributed by atoms with van der Waals surface area (Å²) in [6.45, 7) is 15.2. The Morgan fingerprint density at radius 1 is 1.14 bits per heavy atom. The SMILES string of the molecule is C=CCN(C(=O)C(NC(=O)OC(C)(C)C)C(C)CC)C(C(=O)NC1CCCCC1)c1ccc(C)cc1. The van der Waals surface area contributed by atoms with Gasteiger partial charge in [0.1, 0.15) is 17.7 Å². The first-order chi connectivity index (χ1) is 17.0. The van der Waals surface area contributed by atoms with E-state index in [4.69, 9.17) is 4.74 Å². The second kappa shape index (κ2) is 13.5. The van der Waals surface area contributed by atoms with Gasteiger partial charge in [-0.2, -0.15) is 0 Å². The molecule has 1 saturated carbocycles. The second-order valence-electron chi connectivity index (χ2n) is 10.9. The zero-order valence-corrected chi connectivity index (χ0v) is 22.9. The van der Waals surface area contributed by atoms with Crippen LogP contribution in [0.15, 0.2) is 36.9 Å². The summed E-state index contributed by atoms with van der Waals surface area (Å²) in [7, 11) is 0. The van der Waals surface area contributed by atoms with Crippen molar-refractivity contribution >= 4 is 17.9 Å². The van der Waals surface area contributed by atoms with Crippen molar-refractivity contribution in [3.63, 3.8) is 0 Å². The number of nitrogens with zero attached hydrogens (tertiary/aromatic N) is 1. The Labute approximate surface area is 217 Å². The molecule has 1 aromatic carbocycles. The van der Waals surface area contributed by atoms with Crippen LogP contribution in [-0.2, 0) is 14.3 Å². The van der Waals surface area contributed by atoms with E-state index in [9.17, 15) is 14.4 Å². The van der Waals surface area contributed by atoms with Gasteiger partial charge in [-0.25, -0.2) is 4.79 Å². The van der Waals surface area contributed by atoms with E-state index in [1.54, 1.807) is 26.8 Å². The van der Waals surface area contributed by atoms with Crippen molar-refractivity contribution in [1.29, 1.82) is 0 Å². The van der Waals surface area contributed by atoms with Gasteiger partial charge < -0.3 is 20.3 Å². The summed E-state index contributed by atoms with van der Waals surface area (Å²) in [5.74, 6) is -0.710. The van der Waals surface area contributed by atoms with Gasteiger partial charge in [0.25, 0.3) is 0 Å². The van der Waals surface area contributed by atoms with E-state index in [-0.39, 0.29) is 30.3 Å². The lowest BCUT2D eigenvalue weighted by Crippen LogP contribution is -2.55. The molecule has 0 heterocycles. The lowest BCUT2D eigenvalue weighted by molar-refractivity contribution is -0.143. The van der Waals surface area contributed by atoms with Gasteiger partial charge in [-0.1, -0.05) is 75.4 Å². The summed E-state index contributed by atoms with van der Waals surface area (Å²) in [5, 5.41) is 5.98. The number of alkyl carbamates (subject to hydrolysis) is 1. The molecule has 1 aromatic rings. The van der Waals surface area contributed by atoms with Crippen LogP contribution in [0.5, 0.6) is 0 Å². The third-order valence-electron chi connectivity index (χ3n) is 6.66. The van der Waals surface area contributed by atoms with Crippen LogP contribution in [0.25, 0.3) is 0 Å². The molecule has 3 amide bonds. The average Bonchev–Trinajstić information content (AvgIpc) is 2.82. The van der Waals surface area contributed by atoms with Crippen LogP contribution in [0.4, 0.5) is 4.79 Å². The maximum Gasteiger partial charge on any atom is 0.408 e. The van der Waals surface area contributed by atoms with Gasteiger partial charge >= 0.3 is 6.09 Å². The normalized spacial score (nSPS) is 16.8. The van der Waals surface area contributed by atoms with Crippen LogP contribution in [0.2, 0.25) is 0 Å². The number of amides is 3. The van der Waals surface area contributed by atoms with E-state index < -0.39 is 23.8 Å². The molecule has 0 spiro atoms. The van der Waals surface area contributed by atoms with Crippen molar-refractivity contribution in [2.24, 2.45) is 5.92 Å². The van der Waals surface area contributed by atoms with E-state index in [1.165, 1.54) is 11.3 Å². The number of carbonyl (C=O) groups is 3. The predicted molar refractivity (Wildman–Crippen MR) is 143 cm³/mol. The maximum atomic E-state index is 14.0. The van der Waals surface area contributed by atoms with Crippen LogP contribution < -0.4 is 10.6 Å². The van der Waals surface area contributed by atoms with Crippen molar-refractivity contribution in [1.82, 2.24) is 15.5 Å². The number of benzene rings is 1. The highest BCUT2D eigenvalue weighted by Gasteiger charge is 2.38. The Kier molecular flexibility index (Phi) is 11.0. The van der Waals surface area contributed by atoms with E-state index in [0.717, 1.165) is 36.8 Å². The molecule has 36 heavy (non-hydrogen) atoms. The van der Waals surface area contributed by atoms with E-state index >= 15 is 0 Å². The minimum Gasteiger partial charge on any atom is -0.444 e. The van der Waals surface area contributed by atoms with Gasteiger partial charge in [0.2, 0.25) is 11.8 Å². The Morgan fingerprint density at radius 2 is 1.75 bits per heavy atom. The fraction of sp³-hybridized carbons (Fsp3) is 0.621. The van der Waals surface area contributed by atoms with Gasteiger partial charge in [-0.15, -0.1) is 6.58 Å². The molecule has 1 fully saturated rings. The van der Waals surface area contributed by atoms with Crippen LogP contribution in [0.1, 0.15) is 90.3 Å². The molecular formula is C29H45N3O4. The first kappa shape index (κ1) is 29.4. The van der Waals surface area contributed by atoms with Gasteiger partial charge in [0.15, 0.2) is 0 Å². The van der Waals surface area contributed by atoms with E-state index in [0.29, 0.717) is 6.42 Å². The number of carbonyl (C=O) groups excluding carboxylic acids is 3. The number of hydrogen-bond donors (Lipinski definition) is 2. The third kappa shape index (κ3) is 8.68. The van der Waals surface area contributed by atoms with Gasteiger partial charge in [0.05, 0.1) is 0 Å². The number of ether oxygens (including phenoxy) is 1. The molecule has 2 rings (SSSR count). The first-order valence-corrected chi connectivity index (χ1v) is 13.2. The molecule has 7 nitrogen and oxygen atoms in total. The summed E-state index contributed by atoms with van der Waals surface area (Å²) in [6, 6.07) is 6.08. The van der Waals surface area contributed by atoms with Crippen LogP contribution in [0, 0.1) is 12.8 Å². The van der Waals surface area contributed by atoms with E-state index in [1.807, 2.05) is 45.0 Å². The summed E-state index contributed by atoms with van der Waals surface area (Å²) in [5.41, 5.74) is 1.10. The molecule has 3 unspecified atom stereocenters. The molecule has 2 N–H and O–H groups in total. The molecule has 7 heteroatoms. The Hall–Kier alpha value is -2.83. The van der Waals surface area contributed by atoms with Crippen molar-refractivity contribution < 1.29 is 19.1 Å². The number of aryl methyl sites for hydroxylation is 1. The van der Waals surface area contributed by atoms with Gasteiger partial charge in [-0.05, 0) is 52.0 Å². The third-order valence-corrected chi connectivity index (χ3v) is 6.66. The van der Waals surface area contributed by atoms with Gasteiger partial charge in [-0.3, -0.25) is 9.59 Å². The highest BCUT2D eigenvalue weighted by atomic mass is 16.6. The molecule has 0 radical (unpaired) electrons. The zero-order valence-electron chi connectivity index (χ0n) is 22.9. The topological polar surface area (TPSA) is 87.7 Å². The standard InChI is InChI=1S/C29H45N3O4/c1-8-19-32(27(34)24(21(4)9-2)31-28(35)36-29(5,6)7)25(22-17-15-20(3)16-18-22)26(33)30-23-13-11-10-12-14-23/h8,15-18,21,23-25H,1,9-14,19H2,2-7H3,(H,30,33)(H,31,35). The average molecular weight is 500 g/mol. The molecule has 1 aliphatic rings. The summed E-state index contributed by atoms with van der Waals surface area (Å²) < 4.78 is 5.44. The smallest absolute Gasteiger partial charge is 0.408 e. The van der Waals surface area contributed by atoms with Gasteiger partial charge in [0, 0.05) is 12.6 Å². The van der Waals surface area contributed by atoms with Crippen LogP contribution in [-0.4, -0.2) is 47.0 Å². The Balaban J connectivity index is 2.43. The lowest BCUT2D eigenvalue weighted by atomic mass is 9.93. The monoisotopic (exact) mass is 499 g/mol. The summed E-state index contributed by atoms with van der Waals surface area (Å²) >= 11 is 0. The summed E-state index contributed by atoms with van der Waals surface area (Å²) in [4.78, 5) is 42.0. The minimum atomic E-state index is -0.847. The molecule has 1 aliphatic carbocycles. The van der Waals surface area contributed by atoms with Crippen LogP contribution in [0.3, 0.4) is 0 Å². The highest BCUT2D eigenvalue weighted by Crippen LogP contribution is 2.26. The van der Waals surface area contributed by atoms with Crippen molar-refractivity contribution in [3.8, 4) is 0 Å². The fourth-order valence-corrected chi connectivity index (χ4v) is 4.51. The van der Waals surface area contributed by atoms with Crippen molar-refractivity contribution in [2.45, 2.75) is 104 Å². The summed E-state index contributed by atoms with van der Waals surface area (Å²) in [6.07, 6.45) is 6.87. The van der Waals surface area contributed by atoms with Crippen molar-refractivity contribution in [2.75, 3.05) is 6.54 Å². The Bertz CT molecular complexity index is 885. The molecule has 0 aliphatic heterocycles.